The minimum Gasteiger partial charge on any atom is -0.464 e. The number of hydrogen-bond donors (Lipinski definition) is 2. The molecule has 8 nitrogen and oxygen atoms in total. The highest BCUT2D eigenvalue weighted by molar-refractivity contribution is 5.90. The molecule has 0 spiro atoms. The highest BCUT2D eigenvalue weighted by Crippen LogP contribution is 2.24. The molecule has 8 heteroatoms. The number of nitrogens with one attached hydrogen (secondary N) is 2. The highest BCUT2D eigenvalue weighted by atomic mass is 16.5. The minimum absolute atomic E-state index is 0.183. The predicted molar refractivity (Wildman–Crippen MR) is 108 cm³/mol. The molecule has 2 amide bonds. The molecule has 0 saturated heterocycles. The molecule has 0 fully saturated rings. The van der Waals surface area contributed by atoms with Gasteiger partial charge in [0.1, 0.15) is 6.04 Å². The molecule has 0 aliphatic rings. The van der Waals surface area contributed by atoms with Crippen molar-refractivity contribution in [1.29, 1.82) is 0 Å². The second-order valence-corrected chi connectivity index (χ2v) is 6.84. The Labute approximate surface area is 170 Å². The van der Waals surface area contributed by atoms with Gasteiger partial charge in [-0.25, -0.2) is 4.79 Å². The summed E-state index contributed by atoms with van der Waals surface area (Å²) in [6.45, 7) is 8.95. The van der Waals surface area contributed by atoms with Crippen LogP contribution < -0.4 is 10.6 Å². The van der Waals surface area contributed by atoms with Gasteiger partial charge in [0.25, 0.3) is 0 Å². The van der Waals surface area contributed by atoms with Crippen LogP contribution in [0.15, 0.2) is 30.3 Å². The summed E-state index contributed by atoms with van der Waals surface area (Å²) < 4.78 is 6.98. The maximum atomic E-state index is 12.6. The van der Waals surface area contributed by atoms with E-state index in [1.807, 2.05) is 37.3 Å². The highest BCUT2D eigenvalue weighted by Gasteiger charge is 2.31. The fraction of sp³-hybridized carbons (Fsp3) is 0.429. The number of amides is 2. The molecule has 29 heavy (non-hydrogen) atoms. The van der Waals surface area contributed by atoms with Gasteiger partial charge >= 0.3 is 5.97 Å². The summed E-state index contributed by atoms with van der Waals surface area (Å²) in [4.78, 5) is 36.4. The lowest BCUT2D eigenvalue weighted by Gasteiger charge is -2.21. The molecule has 0 unspecified atom stereocenters. The van der Waals surface area contributed by atoms with E-state index in [-0.39, 0.29) is 12.5 Å². The molecule has 2 rings (SSSR count). The third kappa shape index (κ3) is 5.66. The zero-order valence-corrected chi connectivity index (χ0v) is 17.5. The van der Waals surface area contributed by atoms with E-state index in [0.717, 1.165) is 11.3 Å². The number of hydrogen-bond acceptors (Lipinski definition) is 5. The first kappa shape index (κ1) is 22.1. The molecule has 156 valence electrons. The molecule has 2 N–H and O–H groups in total. The number of ether oxygens (including phenoxy) is 1. The Morgan fingerprint density at radius 1 is 1.14 bits per heavy atom. The third-order valence-corrected chi connectivity index (χ3v) is 4.52. The van der Waals surface area contributed by atoms with Gasteiger partial charge in [0, 0.05) is 18.2 Å². The summed E-state index contributed by atoms with van der Waals surface area (Å²) in [7, 11) is 0. The van der Waals surface area contributed by atoms with Gasteiger partial charge in [0.05, 0.1) is 18.8 Å². The number of esters is 1. The molecule has 1 aromatic carbocycles. The van der Waals surface area contributed by atoms with Gasteiger partial charge in [-0.1, -0.05) is 30.3 Å². The number of carbonyl (C=O) groups is 3. The van der Waals surface area contributed by atoms with Gasteiger partial charge in [0.15, 0.2) is 6.04 Å². The maximum Gasteiger partial charge on any atom is 0.333 e. The summed E-state index contributed by atoms with van der Waals surface area (Å²) >= 11 is 0. The van der Waals surface area contributed by atoms with Gasteiger partial charge in [-0.2, -0.15) is 5.10 Å². The van der Waals surface area contributed by atoms with Gasteiger partial charge in [-0.05, 0) is 33.3 Å². The Morgan fingerprint density at radius 3 is 2.38 bits per heavy atom. The van der Waals surface area contributed by atoms with E-state index in [1.54, 1.807) is 25.5 Å². The summed E-state index contributed by atoms with van der Waals surface area (Å²) in [5, 5.41) is 9.77. The zero-order chi connectivity index (χ0) is 21.6. The Morgan fingerprint density at radius 2 is 1.79 bits per heavy atom. The molecule has 2 aromatic rings. The van der Waals surface area contributed by atoms with Crippen molar-refractivity contribution in [2.75, 3.05) is 6.61 Å². The Balaban J connectivity index is 2.34. The third-order valence-electron chi connectivity index (χ3n) is 4.52. The quantitative estimate of drug-likeness (QED) is 0.658. The SMILES string of the molecule is CCOC(=O)[C@@H](NC(=O)[C@H](C)NC(C)=O)c1c(C)nn(Cc2ccccc2)c1C. The van der Waals surface area contributed by atoms with Crippen molar-refractivity contribution in [1.82, 2.24) is 20.4 Å². The Kier molecular flexibility index (Phi) is 7.52. The van der Waals surface area contributed by atoms with Crippen molar-refractivity contribution < 1.29 is 19.1 Å². The fourth-order valence-corrected chi connectivity index (χ4v) is 3.15. The molecule has 0 saturated carbocycles. The lowest BCUT2D eigenvalue weighted by atomic mass is 10.0. The van der Waals surface area contributed by atoms with E-state index in [9.17, 15) is 14.4 Å². The lowest BCUT2D eigenvalue weighted by molar-refractivity contribution is -0.147. The predicted octanol–water partition coefficient (Wildman–Crippen LogP) is 1.79. The van der Waals surface area contributed by atoms with Crippen molar-refractivity contribution in [3.8, 4) is 0 Å². The maximum absolute atomic E-state index is 12.6. The molecule has 2 atom stereocenters. The topological polar surface area (TPSA) is 102 Å². The fourth-order valence-electron chi connectivity index (χ4n) is 3.15. The van der Waals surface area contributed by atoms with Crippen molar-refractivity contribution in [3.05, 3.63) is 52.8 Å². The van der Waals surface area contributed by atoms with Crippen molar-refractivity contribution in [3.63, 3.8) is 0 Å². The average Bonchev–Trinajstić information content (AvgIpc) is 2.93. The van der Waals surface area contributed by atoms with Gasteiger partial charge in [-0.3, -0.25) is 14.3 Å². The lowest BCUT2D eigenvalue weighted by Crippen LogP contribution is -2.47. The van der Waals surface area contributed by atoms with Crippen LogP contribution in [0.4, 0.5) is 0 Å². The Bertz CT molecular complexity index is 876. The summed E-state index contributed by atoms with van der Waals surface area (Å²) in [6, 6.07) is 8.04. The summed E-state index contributed by atoms with van der Waals surface area (Å²) in [6.07, 6.45) is 0. The van der Waals surface area contributed by atoms with Crippen LogP contribution in [-0.4, -0.2) is 40.2 Å². The van der Waals surface area contributed by atoms with Crippen LogP contribution in [0, 0.1) is 13.8 Å². The molecule has 1 heterocycles. The smallest absolute Gasteiger partial charge is 0.333 e. The monoisotopic (exact) mass is 400 g/mol. The molecule has 1 aromatic heterocycles. The van der Waals surface area contributed by atoms with Gasteiger partial charge in [0.2, 0.25) is 11.8 Å². The number of nitrogens with zero attached hydrogens (tertiary/aromatic N) is 2. The van der Waals surface area contributed by atoms with Crippen LogP contribution in [0.3, 0.4) is 0 Å². The molecule has 0 aliphatic carbocycles. The van der Waals surface area contributed by atoms with E-state index in [4.69, 9.17) is 4.74 Å². The van der Waals surface area contributed by atoms with Crippen molar-refractivity contribution in [2.24, 2.45) is 0 Å². The second kappa shape index (κ2) is 9.86. The van der Waals surface area contributed by atoms with Crippen LogP contribution in [0.2, 0.25) is 0 Å². The summed E-state index contributed by atoms with van der Waals surface area (Å²) in [5.41, 5.74) is 3.06. The standard InChI is InChI=1S/C21H28N4O4/c1-6-29-21(28)19(23-20(27)14(3)22-16(5)26)18-13(2)24-25(15(18)4)12-17-10-8-7-9-11-17/h7-11,14,19H,6,12H2,1-5H3,(H,22,26)(H,23,27)/t14-,19-/m0/s1. The van der Waals surface area contributed by atoms with E-state index in [2.05, 4.69) is 15.7 Å². The number of carbonyl (C=O) groups excluding carboxylic acids is 3. The number of rotatable bonds is 8. The van der Waals surface area contributed by atoms with E-state index in [1.165, 1.54) is 6.92 Å². The normalized spacial score (nSPS) is 12.7. The van der Waals surface area contributed by atoms with Crippen LogP contribution in [0.5, 0.6) is 0 Å². The van der Waals surface area contributed by atoms with Crippen molar-refractivity contribution >= 4 is 17.8 Å². The van der Waals surface area contributed by atoms with Gasteiger partial charge < -0.3 is 15.4 Å². The largest absolute Gasteiger partial charge is 0.464 e. The molecule has 0 aliphatic heterocycles. The first-order chi connectivity index (χ1) is 13.7. The second-order valence-electron chi connectivity index (χ2n) is 6.84. The first-order valence-corrected chi connectivity index (χ1v) is 9.56. The summed E-state index contributed by atoms with van der Waals surface area (Å²) in [5.74, 6) is -1.38. The zero-order valence-electron chi connectivity index (χ0n) is 17.5. The average molecular weight is 400 g/mol. The van der Waals surface area contributed by atoms with Crippen molar-refractivity contribution in [2.45, 2.75) is 53.2 Å². The molecule has 0 bridgehead atoms. The molecular formula is C21H28N4O4. The number of aromatic nitrogens is 2. The van der Waals surface area contributed by atoms with Crippen LogP contribution >= 0.6 is 0 Å². The van der Waals surface area contributed by atoms with Crippen LogP contribution in [0.25, 0.3) is 0 Å². The van der Waals surface area contributed by atoms with E-state index >= 15 is 0 Å². The van der Waals surface area contributed by atoms with E-state index in [0.29, 0.717) is 17.8 Å². The minimum atomic E-state index is -1.01. The molecule has 0 radical (unpaired) electrons. The Hall–Kier alpha value is -3.16. The molecular weight excluding hydrogens is 372 g/mol. The number of aryl methyl sites for hydroxylation is 1. The van der Waals surface area contributed by atoms with Crippen LogP contribution in [0.1, 0.15) is 49.3 Å². The van der Waals surface area contributed by atoms with E-state index < -0.39 is 24.0 Å². The number of benzene rings is 1. The first-order valence-electron chi connectivity index (χ1n) is 9.56. The van der Waals surface area contributed by atoms with Crippen LogP contribution in [-0.2, 0) is 25.7 Å². The van der Waals surface area contributed by atoms with Gasteiger partial charge in [-0.15, -0.1) is 0 Å².